The van der Waals surface area contributed by atoms with Gasteiger partial charge in [-0.05, 0) is 96.7 Å². The van der Waals surface area contributed by atoms with Crippen LogP contribution in [0, 0.1) is 34.5 Å². The van der Waals surface area contributed by atoms with Gasteiger partial charge in [0, 0.05) is 20.0 Å². The number of allylic oxidation sites excluding steroid dienone is 2. The largest absolute Gasteiger partial charge is 0.476 e. The van der Waals surface area contributed by atoms with Gasteiger partial charge in [-0.1, -0.05) is 66.0 Å². The van der Waals surface area contributed by atoms with E-state index in [-0.39, 0.29) is 15.9 Å². The van der Waals surface area contributed by atoms with Gasteiger partial charge in [0.15, 0.2) is 14.1 Å². The fourth-order valence-electron chi connectivity index (χ4n) is 8.71. The molecule has 216 valence electrons. The predicted molar refractivity (Wildman–Crippen MR) is 154 cm³/mol. The van der Waals surface area contributed by atoms with Crippen molar-refractivity contribution in [1.29, 1.82) is 0 Å². The van der Waals surface area contributed by atoms with E-state index in [1.165, 1.54) is 12.0 Å². The van der Waals surface area contributed by atoms with Crippen LogP contribution in [0.3, 0.4) is 0 Å². The SMILES string of the molecule is CCCC[C@@H]1C=C2CC(OC)(O[Si](C)(C)C(C)(C)C)CC[C@]2(C)[C@H]2CC[C@]3(C)C(=C(F)C(=O)O)CC[C@H]3[C@H]12. The summed E-state index contributed by atoms with van der Waals surface area (Å²) in [5, 5.41) is 9.60. The molecule has 3 fully saturated rings. The number of hydrogen-bond donors (Lipinski definition) is 1. The molecule has 1 unspecified atom stereocenters. The van der Waals surface area contributed by atoms with E-state index in [0.717, 1.165) is 51.4 Å². The molecule has 38 heavy (non-hydrogen) atoms. The molecule has 0 amide bonds. The number of carbonyl (C=O) groups is 1. The first kappa shape index (κ1) is 30.0. The average molecular weight is 549 g/mol. The molecule has 6 heteroatoms. The zero-order chi connectivity index (χ0) is 28.3. The zero-order valence-electron chi connectivity index (χ0n) is 25.5. The summed E-state index contributed by atoms with van der Waals surface area (Å²) in [6.45, 7) is 18.4. The third-order valence-corrected chi connectivity index (χ3v) is 16.5. The van der Waals surface area contributed by atoms with Crippen molar-refractivity contribution in [3.05, 3.63) is 23.0 Å². The zero-order valence-corrected chi connectivity index (χ0v) is 26.5. The van der Waals surface area contributed by atoms with Gasteiger partial charge in [-0.15, -0.1) is 0 Å². The molecule has 0 aromatic carbocycles. The lowest BCUT2D eigenvalue weighted by molar-refractivity contribution is -0.199. The van der Waals surface area contributed by atoms with Crippen molar-refractivity contribution in [2.45, 2.75) is 130 Å². The molecule has 3 saturated carbocycles. The summed E-state index contributed by atoms with van der Waals surface area (Å²) in [6.07, 6.45) is 12.3. The lowest BCUT2D eigenvalue weighted by Crippen LogP contribution is -2.57. The Labute approximate surface area is 232 Å². The summed E-state index contributed by atoms with van der Waals surface area (Å²) >= 11 is 0. The van der Waals surface area contributed by atoms with Crippen molar-refractivity contribution in [3.8, 4) is 0 Å². The Balaban J connectivity index is 1.73. The molecule has 0 aromatic heterocycles. The van der Waals surface area contributed by atoms with Gasteiger partial charge in [-0.25, -0.2) is 4.79 Å². The highest BCUT2D eigenvalue weighted by Crippen LogP contribution is 2.69. The predicted octanol–water partition coefficient (Wildman–Crippen LogP) is 9.04. The molecule has 0 bridgehead atoms. The Morgan fingerprint density at radius 2 is 1.79 bits per heavy atom. The van der Waals surface area contributed by atoms with E-state index in [9.17, 15) is 14.3 Å². The molecular formula is C32H53FO4Si. The van der Waals surface area contributed by atoms with Gasteiger partial charge in [0.1, 0.15) is 0 Å². The molecule has 0 spiro atoms. The number of rotatable bonds is 7. The smallest absolute Gasteiger partial charge is 0.364 e. The number of halogens is 1. The summed E-state index contributed by atoms with van der Waals surface area (Å²) < 4.78 is 28.2. The molecule has 0 aliphatic heterocycles. The van der Waals surface area contributed by atoms with Gasteiger partial charge in [-0.2, -0.15) is 4.39 Å². The second kappa shape index (κ2) is 10.1. The van der Waals surface area contributed by atoms with Crippen LogP contribution >= 0.6 is 0 Å². The average Bonchev–Trinajstić information content (AvgIpc) is 3.18. The number of methoxy groups -OCH3 is 1. The molecule has 0 saturated heterocycles. The molecular weight excluding hydrogens is 495 g/mol. The first-order chi connectivity index (χ1) is 17.6. The maximum absolute atomic E-state index is 14.9. The van der Waals surface area contributed by atoms with Crippen LogP contribution in [0.15, 0.2) is 23.0 Å². The molecule has 4 aliphatic carbocycles. The van der Waals surface area contributed by atoms with E-state index in [1.54, 1.807) is 0 Å². The summed E-state index contributed by atoms with van der Waals surface area (Å²) in [7, 11) is -0.210. The minimum absolute atomic E-state index is 0.0886. The van der Waals surface area contributed by atoms with Crippen molar-refractivity contribution < 1.29 is 23.5 Å². The number of ether oxygens (including phenoxy) is 1. The van der Waals surface area contributed by atoms with Crippen LogP contribution in [0.2, 0.25) is 18.1 Å². The number of unbranched alkanes of at least 4 members (excludes halogenated alkanes) is 1. The monoisotopic (exact) mass is 548 g/mol. The highest BCUT2D eigenvalue weighted by atomic mass is 28.4. The Bertz CT molecular complexity index is 996. The molecule has 0 heterocycles. The van der Waals surface area contributed by atoms with E-state index >= 15 is 0 Å². The maximum Gasteiger partial charge on any atom is 0.364 e. The number of hydrogen-bond acceptors (Lipinski definition) is 3. The van der Waals surface area contributed by atoms with E-state index in [4.69, 9.17) is 9.16 Å². The van der Waals surface area contributed by atoms with E-state index in [1.807, 2.05) is 7.11 Å². The van der Waals surface area contributed by atoms with Crippen LogP contribution in [-0.2, 0) is 14.0 Å². The van der Waals surface area contributed by atoms with Gasteiger partial charge in [0.2, 0.25) is 5.83 Å². The van der Waals surface area contributed by atoms with Crippen LogP contribution in [0.1, 0.15) is 106 Å². The number of carboxylic acids is 1. The van der Waals surface area contributed by atoms with Gasteiger partial charge in [0.25, 0.3) is 0 Å². The highest BCUT2D eigenvalue weighted by Gasteiger charge is 2.62. The lowest BCUT2D eigenvalue weighted by Gasteiger charge is -2.61. The third kappa shape index (κ3) is 4.79. The van der Waals surface area contributed by atoms with Crippen molar-refractivity contribution >= 4 is 14.3 Å². The molecule has 4 rings (SSSR count). The van der Waals surface area contributed by atoms with Gasteiger partial charge in [0.05, 0.1) is 0 Å². The topological polar surface area (TPSA) is 55.8 Å². The van der Waals surface area contributed by atoms with Crippen molar-refractivity contribution in [3.63, 3.8) is 0 Å². The third-order valence-electron chi connectivity index (χ3n) is 12.0. The van der Waals surface area contributed by atoms with Crippen molar-refractivity contribution in [2.24, 2.45) is 34.5 Å². The second-order valence-corrected chi connectivity index (χ2v) is 19.7. The van der Waals surface area contributed by atoms with Crippen LogP contribution in [-0.4, -0.2) is 32.3 Å². The quantitative estimate of drug-likeness (QED) is 0.149. The van der Waals surface area contributed by atoms with Gasteiger partial charge < -0.3 is 14.3 Å². The molecule has 4 aliphatic rings. The van der Waals surface area contributed by atoms with Crippen LogP contribution in [0.25, 0.3) is 0 Å². The van der Waals surface area contributed by atoms with Crippen molar-refractivity contribution in [2.75, 3.05) is 7.11 Å². The first-order valence-electron chi connectivity index (χ1n) is 15.1. The number of fused-ring (bicyclic) bond motifs is 5. The first-order valence-corrected chi connectivity index (χ1v) is 18.0. The summed E-state index contributed by atoms with van der Waals surface area (Å²) in [5.41, 5.74) is 1.84. The molecule has 0 aromatic rings. The maximum atomic E-state index is 14.9. The van der Waals surface area contributed by atoms with Crippen LogP contribution < -0.4 is 0 Å². The summed E-state index contributed by atoms with van der Waals surface area (Å²) in [5.74, 6) is -1.04. The Morgan fingerprint density at radius 1 is 1.13 bits per heavy atom. The van der Waals surface area contributed by atoms with Crippen molar-refractivity contribution in [1.82, 2.24) is 0 Å². The Hall–Kier alpha value is -0.983. The standard InChI is InChI=1S/C32H53FO4Si/c1-10-11-12-21-19-22-20-32(36-7,37-38(8,9)29(2,3)4)18-17-30(22,5)24-15-16-31(6)23(26(21)24)13-14-25(31)27(33)28(34)35/h19,21,23-24,26H,10-18,20H2,1-9H3,(H,34,35)/t21-,23+,24+,26+,30+,31+,32?/m1/s1. The van der Waals surface area contributed by atoms with Crippen LogP contribution in [0.5, 0.6) is 0 Å². The normalized spacial score (nSPS) is 40.6. The summed E-state index contributed by atoms with van der Waals surface area (Å²) in [6, 6.07) is 0. The van der Waals surface area contributed by atoms with E-state index < -0.39 is 25.9 Å². The van der Waals surface area contributed by atoms with E-state index in [0.29, 0.717) is 35.7 Å². The van der Waals surface area contributed by atoms with Gasteiger partial charge >= 0.3 is 5.97 Å². The minimum Gasteiger partial charge on any atom is -0.476 e. The number of aliphatic carboxylic acids is 1. The lowest BCUT2D eigenvalue weighted by atomic mass is 9.45. The molecule has 1 N–H and O–H groups in total. The Morgan fingerprint density at radius 3 is 2.37 bits per heavy atom. The fourth-order valence-corrected chi connectivity index (χ4v) is 10.2. The summed E-state index contributed by atoms with van der Waals surface area (Å²) in [4.78, 5) is 11.6. The Kier molecular flexibility index (Phi) is 8.00. The van der Waals surface area contributed by atoms with E-state index in [2.05, 4.69) is 60.7 Å². The molecule has 4 nitrogen and oxygen atoms in total. The fraction of sp³-hybridized carbons (Fsp3) is 0.844. The second-order valence-electron chi connectivity index (χ2n) is 15.0. The minimum atomic E-state index is -2.04. The number of carboxylic acid groups (broad SMARTS) is 1. The molecule has 0 radical (unpaired) electrons. The molecule has 7 atom stereocenters. The van der Waals surface area contributed by atoms with Gasteiger partial charge in [-0.3, -0.25) is 0 Å². The highest BCUT2D eigenvalue weighted by molar-refractivity contribution is 6.74. The van der Waals surface area contributed by atoms with Crippen LogP contribution in [0.4, 0.5) is 4.39 Å².